The lowest BCUT2D eigenvalue weighted by atomic mass is 9.85. The number of fused-ring (bicyclic) bond motifs is 1. The monoisotopic (exact) mass is 374 g/mol. The minimum absolute atomic E-state index is 0.113. The molecule has 1 saturated carbocycles. The average Bonchev–Trinajstić information content (AvgIpc) is 2.52. The second-order valence-electron chi connectivity index (χ2n) is 6.72. The van der Waals surface area contributed by atoms with Gasteiger partial charge in [0.25, 0.3) is 5.91 Å². The Kier molecular flexibility index (Phi) is 4.72. The maximum Gasteiger partial charge on any atom is 0.254 e. The van der Waals surface area contributed by atoms with Gasteiger partial charge in [-0.2, -0.15) is 0 Å². The molecular formula is C19H23BrN2O. The fraction of sp³-hybridized carbons (Fsp3) is 0.474. The van der Waals surface area contributed by atoms with Crippen LogP contribution < -0.4 is 0 Å². The Bertz CT molecular complexity index is 738. The van der Waals surface area contributed by atoms with Crippen LogP contribution >= 0.6 is 15.9 Å². The molecule has 1 aromatic carbocycles. The zero-order valence-electron chi connectivity index (χ0n) is 14.0. The van der Waals surface area contributed by atoms with Gasteiger partial charge in [0.2, 0.25) is 0 Å². The molecule has 2 aromatic rings. The molecule has 1 amide bonds. The van der Waals surface area contributed by atoms with Crippen molar-refractivity contribution in [1.82, 2.24) is 9.88 Å². The molecule has 0 N–H and O–H groups in total. The number of pyridine rings is 1. The van der Waals surface area contributed by atoms with Crippen molar-refractivity contribution >= 4 is 32.7 Å². The maximum atomic E-state index is 13.1. The van der Waals surface area contributed by atoms with Crippen molar-refractivity contribution in [3.8, 4) is 0 Å². The van der Waals surface area contributed by atoms with E-state index in [0.29, 0.717) is 12.0 Å². The number of carbonyl (C=O) groups excluding carboxylic acids is 1. The Morgan fingerprint density at radius 2 is 2.00 bits per heavy atom. The molecule has 1 fully saturated rings. The van der Waals surface area contributed by atoms with Crippen LogP contribution in [0.1, 0.15) is 48.7 Å². The molecule has 1 aromatic heterocycles. The summed E-state index contributed by atoms with van der Waals surface area (Å²) in [4.78, 5) is 19.7. The van der Waals surface area contributed by atoms with E-state index in [1.807, 2.05) is 43.1 Å². The van der Waals surface area contributed by atoms with E-state index >= 15 is 0 Å². The smallest absolute Gasteiger partial charge is 0.254 e. The molecule has 2 unspecified atom stereocenters. The van der Waals surface area contributed by atoms with Crippen LogP contribution in [0, 0.1) is 12.8 Å². The van der Waals surface area contributed by atoms with Crippen LogP contribution in [0.3, 0.4) is 0 Å². The van der Waals surface area contributed by atoms with E-state index in [-0.39, 0.29) is 5.91 Å². The van der Waals surface area contributed by atoms with Gasteiger partial charge in [-0.25, -0.2) is 0 Å². The summed E-state index contributed by atoms with van der Waals surface area (Å²) in [6, 6.07) is 8.19. The summed E-state index contributed by atoms with van der Waals surface area (Å²) in [5, 5.41) is 0.930. The summed E-state index contributed by atoms with van der Waals surface area (Å²) in [6.07, 6.45) is 4.82. The van der Waals surface area contributed by atoms with Gasteiger partial charge in [-0.1, -0.05) is 41.8 Å². The van der Waals surface area contributed by atoms with Crippen LogP contribution in [0.4, 0.5) is 0 Å². The van der Waals surface area contributed by atoms with E-state index in [0.717, 1.165) is 33.1 Å². The van der Waals surface area contributed by atoms with Crippen LogP contribution in [0.15, 0.2) is 28.7 Å². The van der Waals surface area contributed by atoms with Gasteiger partial charge in [0, 0.05) is 28.6 Å². The standard InChI is InChI=1S/C19H23BrN2O/c1-12-6-4-5-7-18(12)22(3)19(23)16-10-13(2)21-17-11-14(20)8-9-15(16)17/h8-12,18H,4-7H2,1-3H3. The van der Waals surface area contributed by atoms with Crippen molar-refractivity contribution in [2.45, 2.75) is 45.6 Å². The topological polar surface area (TPSA) is 33.2 Å². The number of nitrogens with zero attached hydrogens (tertiary/aromatic N) is 2. The van der Waals surface area contributed by atoms with E-state index in [9.17, 15) is 4.79 Å². The van der Waals surface area contributed by atoms with Gasteiger partial charge in [-0.15, -0.1) is 0 Å². The van der Waals surface area contributed by atoms with E-state index < -0.39 is 0 Å². The Morgan fingerprint density at radius 3 is 2.74 bits per heavy atom. The van der Waals surface area contributed by atoms with Crippen LogP contribution in [0.2, 0.25) is 0 Å². The first-order chi connectivity index (χ1) is 11.0. The molecule has 0 radical (unpaired) electrons. The molecule has 1 heterocycles. The van der Waals surface area contributed by atoms with Crippen molar-refractivity contribution < 1.29 is 4.79 Å². The number of rotatable bonds is 2. The van der Waals surface area contributed by atoms with Crippen molar-refractivity contribution in [3.05, 3.63) is 40.0 Å². The van der Waals surface area contributed by atoms with Crippen LogP contribution in [-0.4, -0.2) is 28.9 Å². The number of hydrogen-bond donors (Lipinski definition) is 0. The second kappa shape index (κ2) is 6.60. The second-order valence-corrected chi connectivity index (χ2v) is 7.63. The van der Waals surface area contributed by atoms with Gasteiger partial charge < -0.3 is 4.90 Å². The number of aromatic nitrogens is 1. The highest BCUT2D eigenvalue weighted by molar-refractivity contribution is 9.10. The van der Waals surface area contributed by atoms with E-state index in [1.54, 1.807) is 0 Å². The summed E-state index contributed by atoms with van der Waals surface area (Å²) in [5.41, 5.74) is 2.51. The highest BCUT2D eigenvalue weighted by Gasteiger charge is 2.29. The number of hydrogen-bond acceptors (Lipinski definition) is 2. The summed E-state index contributed by atoms with van der Waals surface area (Å²) >= 11 is 3.48. The van der Waals surface area contributed by atoms with E-state index in [1.165, 1.54) is 19.3 Å². The van der Waals surface area contributed by atoms with Gasteiger partial charge in [0.15, 0.2) is 0 Å². The van der Waals surface area contributed by atoms with Crippen molar-refractivity contribution in [1.29, 1.82) is 0 Å². The van der Waals surface area contributed by atoms with Crippen molar-refractivity contribution in [3.63, 3.8) is 0 Å². The molecular weight excluding hydrogens is 352 g/mol. The first kappa shape index (κ1) is 16.4. The Balaban J connectivity index is 2.00. The fourth-order valence-electron chi connectivity index (χ4n) is 3.72. The third-order valence-electron chi connectivity index (χ3n) is 5.01. The molecule has 1 aliphatic carbocycles. The van der Waals surface area contributed by atoms with Crippen LogP contribution in [-0.2, 0) is 0 Å². The van der Waals surface area contributed by atoms with Gasteiger partial charge in [-0.05, 0) is 43.9 Å². The molecule has 0 aliphatic heterocycles. The zero-order chi connectivity index (χ0) is 16.6. The maximum absolute atomic E-state index is 13.1. The number of aryl methyl sites for hydroxylation is 1. The van der Waals surface area contributed by atoms with Crippen molar-refractivity contribution in [2.75, 3.05) is 7.05 Å². The third kappa shape index (κ3) is 3.27. The lowest BCUT2D eigenvalue weighted by Crippen LogP contribution is -2.42. The van der Waals surface area contributed by atoms with E-state index in [4.69, 9.17) is 0 Å². The largest absolute Gasteiger partial charge is 0.338 e. The van der Waals surface area contributed by atoms with Crippen molar-refractivity contribution in [2.24, 2.45) is 5.92 Å². The molecule has 2 atom stereocenters. The van der Waals surface area contributed by atoms with E-state index in [2.05, 4.69) is 27.8 Å². The average molecular weight is 375 g/mol. The molecule has 0 spiro atoms. The Morgan fingerprint density at radius 1 is 1.26 bits per heavy atom. The molecule has 4 heteroatoms. The summed E-state index contributed by atoms with van der Waals surface area (Å²) in [6.45, 7) is 4.21. The highest BCUT2D eigenvalue weighted by atomic mass is 79.9. The number of carbonyl (C=O) groups is 1. The van der Waals surface area contributed by atoms with Gasteiger partial charge in [-0.3, -0.25) is 9.78 Å². The minimum Gasteiger partial charge on any atom is -0.338 e. The third-order valence-corrected chi connectivity index (χ3v) is 5.51. The quantitative estimate of drug-likeness (QED) is 0.744. The fourth-order valence-corrected chi connectivity index (χ4v) is 4.07. The summed E-state index contributed by atoms with van der Waals surface area (Å²) in [7, 11) is 1.95. The van der Waals surface area contributed by atoms with Gasteiger partial charge in [0.05, 0.1) is 11.1 Å². The number of halogens is 1. The minimum atomic E-state index is 0.113. The normalized spacial score (nSPS) is 21.4. The molecule has 1 aliphatic rings. The molecule has 23 heavy (non-hydrogen) atoms. The van der Waals surface area contributed by atoms with Crippen LogP contribution in [0.5, 0.6) is 0 Å². The lowest BCUT2D eigenvalue weighted by molar-refractivity contribution is 0.0631. The predicted molar refractivity (Wildman–Crippen MR) is 97.7 cm³/mol. The number of benzene rings is 1. The molecule has 0 bridgehead atoms. The Hall–Kier alpha value is -1.42. The summed E-state index contributed by atoms with van der Waals surface area (Å²) < 4.78 is 0.982. The molecule has 122 valence electrons. The van der Waals surface area contributed by atoms with Gasteiger partial charge >= 0.3 is 0 Å². The first-order valence-corrected chi connectivity index (χ1v) is 9.10. The highest BCUT2D eigenvalue weighted by Crippen LogP contribution is 2.30. The molecule has 3 rings (SSSR count). The molecule has 3 nitrogen and oxygen atoms in total. The SMILES string of the molecule is Cc1cc(C(=O)N(C)C2CCCCC2C)c2ccc(Br)cc2n1. The number of amides is 1. The predicted octanol–water partition coefficient (Wildman–Crippen LogP) is 4.96. The Labute approximate surface area is 146 Å². The van der Waals surface area contributed by atoms with Crippen LogP contribution in [0.25, 0.3) is 10.9 Å². The lowest BCUT2D eigenvalue weighted by Gasteiger charge is -2.36. The first-order valence-electron chi connectivity index (χ1n) is 8.31. The summed E-state index contributed by atoms with van der Waals surface area (Å²) in [5.74, 6) is 0.683. The zero-order valence-corrected chi connectivity index (χ0v) is 15.6. The molecule has 0 saturated heterocycles. The van der Waals surface area contributed by atoms with Gasteiger partial charge in [0.1, 0.15) is 0 Å².